The molecule has 0 fully saturated rings. The summed E-state index contributed by atoms with van der Waals surface area (Å²) in [6.45, 7) is 1.61. The third-order valence-electron chi connectivity index (χ3n) is 2.18. The molecule has 1 aromatic carbocycles. The van der Waals surface area contributed by atoms with E-state index in [9.17, 15) is 9.59 Å². The molecule has 0 radical (unpaired) electrons. The van der Waals surface area contributed by atoms with Crippen LogP contribution in [-0.4, -0.2) is 18.4 Å². The molecule has 0 unspecified atom stereocenters. The molecule has 88 valence electrons. The van der Waals surface area contributed by atoms with Crippen molar-refractivity contribution < 1.29 is 9.59 Å². The monoisotopic (exact) mass is 231 g/mol. The lowest BCUT2D eigenvalue weighted by molar-refractivity contribution is -0.139. The van der Waals surface area contributed by atoms with Gasteiger partial charge in [-0.15, -0.1) is 0 Å². The van der Waals surface area contributed by atoms with Gasteiger partial charge in [0, 0.05) is 0 Å². The summed E-state index contributed by atoms with van der Waals surface area (Å²) in [5, 5.41) is 13.0. The third kappa shape index (κ3) is 3.95. The van der Waals surface area contributed by atoms with Gasteiger partial charge in [-0.25, -0.2) is 0 Å². The van der Waals surface area contributed by atoms with Crippen molar-refractivity contribution in [3.05, 3.63) is 35.9 Å². The highest BCUT2D eigenvalue weighted by molar-refractivity contribution is 6.35. The Bertz CT molecular complexity index is 437. The molecule has 0 heterocycles. The van der Waals surface area contributed by atoms with Crippen molar-refractivity contribution in [1.29, 1.82) is 5.26 Å². The quantitative estimate of drug-likeness (QED) is 0.587. The van der Waals surface area contributed by atoms with Crippen molar-refractivity contribution in [1.82, 2.24) is 10.6 Å². The Hall–Kier alpha value is -2.35. The van der Waals surface area contributed by atoms with E-state index >= 15 is 0 Å². The van der Waals surface area contributed by atoms with E-state index in [4.69, 9.17) is 5.26 Å². The van der Waals surface area contributed by atoms with Crippen molar-refractivity contribution in [2.75, 3.05) is 6.54 Å². The van der Waals surface area contributed by atoms with Gasteiger partial charge in [0.05, 0.1) is 12.1 Å². The van der Waals surface area contributed by atoms with Crippen molar-refractivity contribution in [2.45, 2.75) is 13.0 Å². The molecule has 1 rings (SSSR count). The van der Waals surface area contributed by atoms with Gasteiger partial charge in [0.25, 0.3) is 0 Å². The smallest absolute Gasteiger partial charge is 0.310 e. The van der Waals surface area contributed by atoms with Crippen LogP contribution in [0.4, 0.5) is 0 Å². The molecular formula is C12H13N3O2. The predicted octanol–water partition coefficient (Wildman–Crippen LogP) is 0.504. The maximum absolute atomic E-state index is 11.4. The standard InChI is InChI=1S/C12H13N3O2/c1-9(10-5-3-2-4-6-10)15-12(17)11(16)14-8-7-13/h2-6,9H,8H2,1H3,(H,14,16)(H,15,17)/t9-/m0/s1. The second-order valence-corrected chi connectivity index (χ2v) is 3.45. The Morgan fingerprint density at radius 2 is 1.94 bits per heavy atom. The predicted molar refractivity (Wildman–Crippen MR) is 61.6 cm³/mol. The maximum atomic E-state index is 11.4. The second kappa shape index (κ2) is 6.28. The van der Waals surface area contributed by atoms with Crippen LogP contribution in [0.3, 0.4) is 0 Å². The molecule has 5 nitrogen and oxygen atoms in total. The summed E-state index contributed by atoms with van der Waals surface area (Å²) in [7, 11) is 0. The molecule has 0 aliphatic carbocycles. The van der Waals surface area contributed by atoms with Crippen LogP contribution in [-0.2, 0) is 9.59 Å². The van der Waals surface area contributed by atoms with E-state index in [1.165, 1.54) is 0 Å². The van der Waals surface area contributed by atoms with Crippen LogP contribution in [0.25, 0.3) is 0 Å². The van der Waals surface area contributed by atoms with Gasteiger partial charge in [0.1, 0.15) is 6.54 Å². The van der Waals surface area contributed by atoms with E-state index in [0.717, 1.165) is 5.56 Å². The zero-order valence-corrected chi connectivity index (χ0v) is 9.43. The number of hydrogen-bond donors (Lipinski definition) is 2. The molecule has 0 aliphatic rings. The molecule has 0 aromatic heterocycles. The summed E-state index contributed by atoms with van der Waals surface area (Å²) in [4.78, 5) is 22.6. The molecule has 17 heavy (non-hydrogen) atoms. The fourth-order valence-electron chi connectivity index (χ4n) is 1.29. The van der Waals surface area contributed by atoms with Gasteiger partial charge < -0.3 is 10.6 Å². The fourth-order valence-corrected chi connectivity index (χ4v) is 1.29. The summed E-state index contributed by atoms with van der Waals surface area (Å²) in [5.41, 5.74) is 0.911. The van der Waals surface area contributed by atoms with E-state index in [0.29, 0.717) is 0 Å². The van der Waals surface area contributed by atoms with Gasteiger partial charge in [-0.05, 0) is 12.5 Å². The molecule has 2 amide bonds. The molecule has 0 saturated carbocycles. The van der Waals surface area contributed by atoms with Gasteiger partial charge in [0.15, 0.2) is 0 Å². The second-order valence-electron chi connectivity index (χ2n) is 3.45. The Balaban J connectivity index is 2.52. The maximum Gasteiger partial charge on any atom is 0.310 e. The first-order valence-corrected chi connectivity index (χ1v) is 5.15. The number of nitrogens with one attached hydrogen (secondary N) is 2. The largest absolute Gasteiger partial charge is 0.341 e. The molecule has 0 bridgehead atoms. The van der Waals surface area contributed by atoms with E-state index < -0.39 is 11.8 Å². The molecule has 0 spiro atoms. The van der Waals surface area contributed by atoms with E-state index in [1.54, 1.807) is 13.0 Å². The highest BCUT2D eigenvalue weighted by Gasteiger charge is 2.15. The highest BCUT2D eigenvalue weighted by Crippen LogP contribution is 2.10. The fraction of sp³-hybridized carbons (Fsp3) is 0.250. The van der Waals surface area contributed by atoms with E-state index in [1.807, 2.05) is 30.3 Å². The topological polar surface area (TPSA) is 82.0 Å². The van der Waals surface area contributed by atoms with Crippen LogP contribution in [0.2, 0.25) is 0 Å². The van der Waals surface area contributed by atoms with Gasteiger partial charge in [-0.3, -0.25) is 9.59 Å². The summed E-state index contributed by atoms with van der Waals surface area (Å²) < 4.78 is 0. The minimum atomic E-state index is -0.797. The Labute approximate surface area is 99.4 Å². The number of amides is 2. The van der Waals surface area contributed by atoms with Crippen LogP contribution in [0, 0.1) is 11.3 Å². The van der Waals surface area contributed by atoms with Gasteiger partial charge in [-0.2, -0.15) is 5.26 Å². The van der Waals surface area contributed by atoms with Crippen molar-refractivity contribution in [2.24, 2.45) is 0 Å². The van der Waals surface area contributed by atoms with Crippen molar-refractivity contribution >= 4 is 11.8 Å². The lowest BCUT2D eigenvalue weighted by atomic mass is 10.1. The molecule has 0 saturated heterocycles. The number of rotatable bonds is 3. The molecular weight excluding hydrogens is 218 g/mol. The Morgan fingerprint density at radius 1 is 1.29 bits per heavy atom. The lowest BCUT2D eigenvalue weighted by Gasteiger charge is -2.13. The average molecular weight is 231 g/mol. The van der Waals surface area contributed by atoms with Crippen LogP contribution in [0.5, 0.6) is 0 Å². The van der Waals surface area contributed by atoms with E-state index in [-0.39, 0.29) is 12.6 Å². The number of hydrogen-bond acceptors (Lipinski definition) is 3. The SMILES string of the molecule is C[C@H](NC(=O)C(=O)NCC#N)c1ccccc1. The highest BCUT2D eigenvalue weighted by atomic mass is 16.2. The van der Waals surface area contributed by atoms with Gasteiger partial charge in [-0.1, -0.05) is 30.3 Å². The minimum Gasteiger partial charge on any atom is -0.341 e. The molecule has 2 N–H and O–H groups in total. The van der Waals surface area contributed by atoms with Gasteiger partial charge in [0.2, 0.25) is 0 Å². The van der Waals surface area contributed by atoms with Crippen LogP contribution < -0.4 is 10.6 Å². The lowest BCUT2D eigenvalue weighted by Crippen LogP contribution is -2.41. The summed E-state index contributed by atoms with van der Waals surface area (Å²) >= 11 is 0. The van der Waals surface area contributed by atoms with E-state index in [2.05, 4.69) is 10.6 Å². The molecule has 5 heteroatoms. The Kier molecular flexibility index (Phi) is 4.70. The number of nitriles is 1. The summed E-state index contributed by atoms with van der Waals surface area (Å²) in [6.07, 6.45) is 0. The number of carbonyl (C=O) groups excluding carboxylic acids is 2. The average Bonchev–Trinajstić information content (AvgIpc) is 2.36. The number of benzene rings is 1. The van der Waals surface area contributed by atoms with Crippen LogP contribution in [0.15, 0.2) is 30.3 Å². The first-order chi connectivity index (χ1) is 8.15. The van der Waals surface area contributed by atoms with Gasteiger partial charge >= 0.3 is 11.8 Å². The first-order valence-electron chi connectivity index (χ1n) is 5.15. The zero-order valence-electron chi connectivity index (χ0n) is 9.43. The third-order valence-corrected chi connectivity index (χ3v) is 2.18. The Morgan fingerprint density at radius 3 is 2.53 bits per heavy atom. The minimum absolute atomic E-state index is 0.175. The molecule has 1 aromatic rings. The summed E-state index contributed by atoms with van der Waals surface area (Å²) in [5.74, 6) is -1.54. The first kappa shape index (κ1) is 12.7. The molecule has 0 aliphatic heterocycles. The number of nitrogens with zero attached hydrogens (tertiary/aromatic N) is 1. The van der Waals surface area contributed by atoms with Crippen molar-refractivity contribution in [3.8, 4) is 6.07 Å². The van der Waals surface area contributed by atoms with Crippen LogP contribution in [0.1, 0.15) is 18.5 Å². The van der Waals surface area contributed by atoms with Crippen molar-refractivity contribution in [3.63, 3.8) is 0 Å². The number of carbonyl (C=O) groups is 2. The normalized spacial score (nSPS) is 11.1. The zero-order chi connectivity index (χ0) is 12.7. The molecule has 1 atom stereocenters. The van der Waals surface area contributed by atoms with Crippen LogP contribution >= 0.6 is 0 Å². The summed E-state index contributed by atoms with van der Waals surface area (Å²) in [6, 6.07) is 10.8.